The summed E-state index contributed by atoms with van der Waals surface area (Å²) in [6.45, 7) is 1.83. The van der Waals surface area contributed by atoms with Crippen molar-refractivity contribution in [3.05, 3.63) is 47.0 Å². The number of halogens is 1. The van der Waals surface area contributed by atoms with Crippen molar-refractivity contribution in [1.82, 2.24) is 9.78 Å². The third kappa shape index (κ3) is 2.11. The lowest BCUT2D eigenvalue weighted by Crippen LogP contribution is -2.06. The van der Waals surface area contributed by atoms with Gasteiger partial charge in [0.1, 0.15) is 17.3 Å². The van der Waals surface area contributed by atoms with Crippen LogP contribution in [0.25, 0.3) is 0 Å². The van der Waals surface area contributed by atoms with Crippen LogP contribution in [0.3, 0.4) is 0 Å². The highest BCUT2D eigenvalue weighted by Crippen LogP contribution is 2.19. The molecule has 0 bridgehead atoms. The zero-order valence-electron chi connectivity index (χ0n) is 10.4. The summed E-state index contributed by atoms with van der Waals surface area (Å²) in [6, 6.07) is 5.77. The normalized spacial score (nSPS) is 10.4. The highest BCUT2D eigenvalue weighted by atomic mass is 19.1. The van der Waals surface area contributed by atoms with E-state index in [0.29, 0.717) is 5.75 Å². The summed E-state index contributed by atoms with van der Waals surface area (Å²) in [4.78, 5) is 12.1. The molecule has 1 aromatic heterocycles. The Bertz CT molecular complexity index is 586. The lowest BCUT2D eigenvalue weighted by molar-refractivity contribution is 0.103. The molecule has 1 heterocycles. The van der Waals surface area contributed by atoms with E-state index in [9.17, 15) is 9.18 Å². The Kier molecular flexibility index (Phi) is 3.14. The summed E-state index contributed by atoms with van der Waals surface area (Å²) in [5, 5.41) is 4.04. The fraction of sp³-hybridized carbons (Fsp3) is 0.231. The maximum Gasteiger partial charge on any atom is 0.216 e. The van der Waals surface area contributed by atoms with Crippen LogP contribution in [0, 0.1) is 12.7 Å². The zero-order chi connectivity index (χ0) is 13.3. The quantitative estimate of drug-likeness (QED) is 0.781. The molecule has 5 heteroatoms. The zero-order valence-corrected chi connectivity index (χ0v) is 10.4. The van der Waals surface area contributed by atoms with Gasteiger partial charge >= 0.3 is 0 Å². The predicted octanol–water partition coefficient (Wildman–Crippen LogP) is 2.11. The average molecular weight is 248 g/mol. The SMILES string of the molecule is COc1ccc(C(=O)c2cc(C)n(C)n2)c(F)c1. The molecule has 2 aromatic rings. The van der Waals surface area contributed by atoms with Gasteiger partial charge in [0.25, 0.3) is 0 Å². The minimum Gasteiger partial charge on any atom is -0.497 e. The van der Waals surface area contributed by atoms with Crippen molar-refractivity contribution in [2.24, 2.45) is 7.05 Å². The van der Waals surface area contributed by atoms with Gasteiger partial charge in [-0.1, -0.05) is 0 Å². The summed E-state index contributed by atoms with van der Waals surface area (Å²) in [5.41, 5.74) is 1.07. The Morgan fingerprint density at radius 3 is 2.61 bits per heavy atom. The first-order chi connectivity index (χ1) is 8.52. The highest BCUT2D eigenvalue weighted by molar-refractivity contribution is 6.08. The van der Waals surface area contributed by atoms with Crippen molar-refractivity contribution in [2.45, 2.75) is 6.92 Å². The highest BCUT2D eigenvalue weighted by Gasteiger charge is 2.17. The molecule has 0 aliphatic rings. The summed E-state index contributed by atoms with van der Waals surface area (Å²) in [6.07, 6.45) is 0. The number of aryl methyl sites for hydroxylation is 2. The fourth-order valence-electron chi connectivity index (χ4n) is 1.62. The van der Waals surface area contributed by atoms with Gasteiger partial charge in [-0.25, -0.2) is 4.39 Å². The van der Waals surface area contributed by atoms with Crippen LogP contribution in [0.4, 0.5) is 4.39 Å². The number of ketones is 1. The standard InChI is InChI=1S/C13H13FN2O2/c1-8-6-12(15-16(8)2)13(17)10-5-4-9(18-3)7-11(10)14/h4-7H,1-3H3. The van der Waals surface area contributed by atoms with Gasteiger partial charge < -0.3 is 4.74 Å². The lowest BCUT2D eigenvalue weighted by atomic mass is 10.1. The van der Waals surface area contributed by atoms with Gasteiger partial charge in [-0.3, -0.25) is 9.48 Å². The Hall–Kier alpha value is -2.17. The Labute approximate surface area is 104 Å². The second kappa shape index (κ2) is 4.60. The first-order valence-corrected chi connectivity index (χ1v) is 5.42. The van der Waals surface area contributed by atoms with Crippen LogP contribution in [0.15, 0.2) is 24.3 Å². The number of benzene rings is 1. The van der Waals surface area contributed by atoms with E-state index < -0.39 is 11.6 Å². The van der Waals surface area contributed by atoms with Gasteiger partial charge in [0, 0.05) is 18.8 Å². The number of nitrogens with zero attached hydrogens (tertiary/aromatic N) is 2. The van der Waals surface area contributed by atoms with E-state index in [1.807, 2.05) is 6.92 Å². The predicted molar refractivity (Wildman–Crippen MR) is 64.3 cm³/mol. The van der Waals surface area contributed by atoms with Gasteiger partial charge in [0.2, 0.25) is 5.78 Å². The van der Waals surface area contributed by atoms with E-state index in [4.69, 9.17) is 4.74 Å². The number of ether oxygens (including phenoxy) is 1. The number of carbonyl (C=O) groups is 1. The number of hydrogen-bond acceptors (Lipinski definition) is 3. The van der Waals surface area contributed by atoms with Crippen LogP contribution in [-0.2, 0) is 7.05 Å². The van der Waals surface area contributed by atoms with Gasteiger partial charge in [-0.2, -0.15) is 5.10 Å². The molecule has 0 aliphatic heterocycles. The molecular weight excluding hydrogens is 235 g/mol. The maximum atomic E-state index is 13.7. The van der Waals surface area contributed by atoms with Gasteiger partial charge in [-0.05, 0) is 25.1 Å². The molecule has 1 aromatic carbocycles. The first kappa shape index (κ1) is 12.3. The van der Waals surface area contributed by atoms with Crippen molar-refractivity contribution < 1.29 is 13.9 Å². The molecule has 0 saturated carbocycles. The van der Waals surface area contributed by atoms with Crippen LogP contribution in [-0.4, -0.2) is 22.7 Å². The third-order valence-corrected chi connectivity index (χ3v) is 2.77. The first-order valence-electron chi connectivity index (χ1n) is 5.42. The lowest BCUT2D eigenvalue weighted by Gasteiger charge is -2.03. The number of aromatic nitrogens is 2. The second-order valence-electron chi connectivity index (χ2n) is 3.97. The smallest absolute Gasteiger partial charge is 0.216 e. The maximum absolute atomic E-state index is 13.7. The third-order valence-electron chi connectivity index (χ3n) is 2.77. The summed E-state index contributed by atoms with van der Waals surface area (Å²) in [5.74, 6) is -0.664. The minimum atomic E-state index is -0.609. The molecule has 18 heavy (non-hydrogen) atoms. The fourth-order valence-corrected chi connectivity index (χ4v) is 1.62. The van der Waals surface area contributed by atoms with E-state index in [-0.39, 0.29) is 11.3 Å². The topological polar surface area (TPSA) is 44.1 Å². The van der Waals surface area contributed by atoms with E-state index in [1.54, 1.807) is 23.9 Å². The second-order valence-corrected chi connectivity index (χ2v) is 3.97. The van der Waals surface area contributed by atoms with Crippen molar-refractivity contribution in [3.8, 4) is 5.75 Å². The van der Waals surface area contributed by atoms with E-state index >= 15 is 0 Å². The molecule has 0 unspecified atom stereocenters. The van der Waals surface area contributed by atoms with Gasteiger partial charge in [-0.15, -0.1) is 0 Å². The van der Waals surface area contributed by atoms with Crippen LogP contribution >= 0.6 is 0 Å². The van der Waals surface area contributed by atoms with E-state index in [2.05, 4.69) is 5.10 Å². The molecule has 0 aliphatic carbocycles. The Morgan fingerprint density at radius 1 is 1.39 bits per heavy atom. The molecule has 0 N–H and O–H groups in total. The summed E-state index contributed by atoms with van der Waals surface area (Å²) >= 11 is 0. The Balaban J connectivity index is 2.40. The summed E-state index contributed by atoms with van der Waals surface area (Å²) in [7, 11) is 3.18. The average Bonchev–Trinajstić information content (AvgIpc) is 2.68. The minimum absolute atomic E-state index is 0.00565. The van der Waals surface area contributed by atoms with Gasteiger partial charge in [0.05, 0.1) is 12.7 Å². The van der Waals surface area contributed by atoms with Crippen molar-refractivity contribution in [3.63, 3.8) is 0 Å². The number of hydrogen-bond donors (Lipinski definition) is 0. The van der Waals surface area contributed by atoms with E-state index in [1.165, 1.54) is 19.2 Å². The molecule has 94 valence electrons. The molecule has 0 fully saturated rings. The monoisotopic (exact) mass is 248 g/mol. The molecule has 0 atom stereocenters. The number of carbonyl (C=O) groups excluding carboxylic acids is 1. The molecule has 4 nitrogen and oxygen atoms in total. The molecular formula is C13H13FN2O2. The molecule has 0 spiro atoms. The van der Waals surface area contributed by atoms with Crippen LogP contribution in [0.1, 0.15) is 21.7 Å². The van der Waals surface area contributed by atoms with Crippen molar-refractivity contribution in [1.29, 1.82) is 0 Å². The van der Waals surface area contributed by atoms with Crippen LogP contribution in [0.5, 0.6) is 5.75 Å². The molecule has 2 rings (SSSR count). The largest absolute Gasteiger partial charge is 0.497 e. The molecule has 0 radical (unpaired) electrons. The number of rotatable bonds is 3. The van der Waals surface area contributed by atoms with Crippen LogP contribution in [0.2, 0.25) is 0 Å². The number of methoxy groups -OCH3 is 1. The van der Waals surface area contributed by atoms with Crippen LogP contribution < -0.4 is 4.74 Å². The van der Waals surface area contributed by atoms with Crippen molar-refractivity contribution in [2.75, 3.05) is 7.11 Å². The van der Waals surface area contributed by atoms with Crippen molar-refractivity contribution >= 4 is 5.78 Å². The molecule has 0 amide bonds. The van der Waals surface area contributed by atoms with Gasteiger partial charge in [0.15, 0.2) is 0 Å². The molecule has 0 saturated heterocycles. The van der Waals surface area contributed by atoms with E-state index in [0.717, 1.165) is 5.69 Å². The Morgan fingerprint density at radius 2 is 2.11 bits per heavy atom. The summed E-state index contributed by atoms with van der Waals surface area (Å²) < 4.78 is 20.2.